The minimum atomic E-state index is 0. The van der Waals surface area contributed by atoms with Gasteiger partial charge >= 0.3 is 29.6 Å². The van der Waals surface area contributed by atoms with Crippen molar-refractivity contribution in [2.75, 3.05) is 0 Å². The average Bonchev–Trinajstić information content (AvgIpc) is 1.90. The molecule has 4 heteroatoms. The molecule has 0 radical (unpaired) electrons. The summed E-state index contributed by atoms with van der Waals surface area (Å²) in [5.41, 5.74) is 0.802. The van der Waals surface area contributed by atoms with Gasteiger partial charge in [0.2, 0.25) is 0 Å². The van der Waals surface area contributed by atoms with Crippen LogP contribution >= 0.6 is 0 Å². The zero-order valence-corrected chi connectivity index (χ0v) is 5.17. The van der Waals surface area contributed by atoms with Gasteiger partial charge in [-0.05, 0) is 25.3 Å². The summed E-state index contributed by atoms with van der Waals surface area (Å²) in [7, 11) is 0. The molecule has 0 unspecified atom stereocenters. The molecule has 0 spiro atoms. The summed E-state index contributed by atoms with van der Waals surface area (Å²) in [5.74, 6) is 0. The van der Waals surface area contributed by atoms with E-state index in [2.05, 4.69) is 5.16 Å². The average molecular weight is 153 g/mol. The number of rotatable bonds is 0. The van der Waals surface area contributed by atoms with Gasteiger partial charge in [-0.3, -0.25) is 0 Å². The van der Waals surface area contributed by atoms with Gasteiger partial charge in [-0.15, -0.1) is 0 Å². The normalized spacial score (nSPS) is 19.4. The molecule has 54 valence electrons. The van der Waals surface area contributed by atoms with E-state index >= 15 is 0 Å². The van der Waals surface area contributed by atoms with Crippen molar-refractivity contribution in [1.82, 2.24) is 0 Å². The van der Waals surface area contributed by atoms with Crippen molar-refractivity contribution in [1.29, 1.82) is 0 Å². The van der Waals surface area contributed by atoms with Crippen LogP contribution in [0.2, 0.25) is 0 Å². The fourth-order valence-electron chi connectivity index (χ4n) is 0.787. The summed E-state index contributed by atoms with van der Waals surface area (Å²) in [6.07, 6.45) is 7.06. The first-order valence-corrected chi connectivity index (χ1v) is 2.81. The van der Waals surface area contributed by atoms with Crippen molar-refractivity contribution in [3.8, 4) is 0 Å². The first-order chi connectivity index (χ1) is 3.93. The van der Waals surface area contributed by atoms with Crippen molar-refractivity contribution >= 4 is 35.3 Å². The first kappa shape index (κ1) is 12.8. The Hall–Kier alpha value is 0.170. The molecule has 0 aromatic heterocycles. The van der Waals surface area contributed by atoms with E-state index in [9.17, 15) is 0 Å². The van der Waals surface area contributed by atoms with Crippen LogP contribution in [-0.2, 0) is 0 Å². The van der Waals surface area contributed by atoms with Crippen molar-refractivity contribution in [3.05, 3.63) is 12.2 Å². The molecule has 10 heavy (non-hydrogen) atoms. The van der Waals surface area contributed by atoms with Crippen LogP contribution in [0.25, 0.3) is 0 Å². The van der Waals surface area contributed by atoms with Gasteiger partial charge in [-0.1, -0.05) is 11.2 Å². The summed E-state index contributed by atoms with van der Waals surface area (Å²) in [6, 6.07) is 0. The van der Waals surface area contributed by atoms with Gasteiger partial charge in [0.1, 0.15) is 0 Å². The Morgan fingerprint density at radius 3 is 2.50 bits per heavy atom. The molecule has 0 atom stereocenters. The second-order valence-corrected chi connectivity index (χ2v) is 1.89. The SMILES string of the molecule is O.ON=C1C=CCCC1.[NaH]. The summed E-state index contributed by atoms with van der Waals surface area (Å²) in [4.78, 5) is 0. The van der Waals surface area contributed by atoms with Crippen LogP contribution in [0, 0.1) is 0 Å². The third kappa shape index (κ3) is 4.06. The predicted molar refractivity (Wildman–Crippen MR) is 43.0 cm³/mol. The Morgan fingerprint density at radius 2 is 2.20 bits per heavy atom. The molecule has 0 bridgehead atoms. The summed E-state index contributed by atoms with van der Waals surface area (Å²) in [6.45, 7) is 0. The van der Waals surface area contributed by atoms with E-state index in [1.165, 1.54) is 0 Å². The minimum absolute atomic E-state index is 0. The van der Waals surface area contributed by atoms with Crippen LogP contribution in [-0.4, -0.2) is 46.0 Å². The third-order valence-electron chi connectivity index (χ3n) is 1.24. The molecule has 1 aliphatic carbocycles. The Balaban J connectivity index is 0. The quantitative estimate of drug-likeness (QED) is 0.299. The Morgan fingerprint density at radius 1 is 1.50 bits per heavy atom. The number of nitrogens with zero attached hydrogens (tertiary/aromatic N) is 1. The van der Waals surface area contributed by atoms with Crippen molar-refractivity contribution < 1.29 is 10.7 Å². The van der Waals surface area contributed by atoms with E-state index < -0.39 is 0 Å². The van der Waals surface area contributed by atoms with Crippen LogP contribution in [0.15, 0.2) is 17.3 Å². The van der Waals surface area contributed by atoms with Crippen LogP contribution in [0.1, 0.15) is 19.3 Å². The van der Waals surface area contributed by atoms with E-state index in [-0.39, 0.29) is 35.0 Å². The molecular weight excluding hydrogens is 141 g/mol. The number of oxime groups is 1. The molecule has 0 aromatic rings. The van der Waals surface area contributed by atoms with Gasteiger partial charge in [0, 0.05) is 0 Å². The molecule has 1 aliphatic rings. The zero-order chi connectivity index (χ0) is 5.82. The van der Waals surface area contributed by atoms with Crippen LogP contribution in [0.4, 0.5) is 0 Å². The van der Waals surface area contributed by atoms with Gasteiger partial charge in [-0.25, -0.2) is 0 Å². The second kappa shape index (κ2) is 7.28. The number of allylic oxidation sites excluding steroid dienone is 2. The number of hydrogen-bond acceptors (Lipinski definition) is 2. The monoisotopic (exact) mass is 153 g/mol. The first-order valence-electron chi connectivity index (χ1n) is 2.81. The summed E-state index contributed by atoms with van der Waals surface area (Å²) >= 11 is 0. The maximum atomic E-state index is 8.23. The standard InChI is InChI=1S/C6H9NO.Na.H2O.H/c8-7-6-4-2-1-3-5-6;;;/h2,4,8H,1,3,5H2;;1H2;. The molecule has 0 saturated carbocycles. The predicted octanol–water partition coefficient (Wildman–Crippen LogP) is 0.0835. The van der Waals surface area contributed by atoms with E-state index in [1.54, 1.807) is 0 Å². The van der Waals surface area contributed by atoms with E-state index in [0.29, 0.717) is 0 Å². The van der Waals surface area contributed by atoms with Crippen molar-refractivity contribution in [2.24, 2.45) is 5.16 Å². The van der Waals surface area contributed by atoms with Crippen LogP contribution < -0.4 is 0 Å². The molecule has 3 nitrogen and oxygen atoms in total. The topological polar surface area (TPSA) is 64.1 Å². The summed E-state index contributed by atoms with van der Waals surface area (Å²) < 4.78 is 0. The number of hydrogen-bond donors (Lipinski definition) is 1. The second-order valence-electron chi connectivity index (χ2n) is 1.89. The van der Waals surface area contributed by atoms with Gasteiger partial charge < -0.3 is 10.7 Å². The fraction of sp³-hybridized carbons (Fsp3) is 0.500. The van der Waals surface area contributed by atoms with E-state index in [1.807, 2.05) is 12.2 Å². The molecule has 0 amide bonds. The van der Waals surface area contributed by atoms with Gasteiger partial charge in [-0.2, -0.15) is 0 Å². The molecule has 0 heterocycles. The summed E-state index contributed by atoms with van der Waals surface area (Å²) in [5, 5.41) is 11.3. The molecule has 0 fully saturated rings. The molecule has 3 N–H and O–H groups in total. The van der Waals surface area contributed by atoms with Gasteiger partial charge in [0.05, 0.1) is 5.71 Å². The van der Waals surface area contributed by atoms with Crippen LogP contribution in [0.5, 0.6) is 0 Å². The van der Waals surface area contributed by atoms with Crippen molar-refractivity contribution in [2.45, 2.75) is 19.3 Å². The van der Waals surface area contributed by atoms with Gasteiger partial charge in [0.15, 0.2) is 0 Å². The zero-order valence-electron chi connectivity index (χ0n) is 5.17. The van der Waals surface area contributed by atoms with Crippen LogP contribution in [0.3, 0.4) is 0 Å². The van der Waals surface area contributed by atoms with E-state index in [4.69, 9.17) is 5.21 Å². The van der Waals surface area contributed by atoms with Crippen molar-refractivity contribution in [3.63, 3.8) is 0 Å². The van der Waals surface area contributed by atoms with E-state index in [0.717, 1.165) is 25.0 Å². The molecule has 0 aromatic carbocycles. The molecule has 1 rings (SSSR count). The maximum absolute atomic E-state index is 8.23. The Labute approximate surface area is 82.4 Å². The molecular formula is C6H12NNaO2. The third-order valence-corrected chi connectivity index (χ3v) is 1.24. The molecule has 0 saturated heterocycles. The Kier molecular flexibility index (Phi) is 9.33. The van der Waals surface area contributed by atoms with Gasteiger partial charge in [0.25, 0.3) is 0 Å². The Bertz CT molecular complexity index is 134. The fourth-order valence-corrected chi connectivity index (χ4v) is 0.787. The molecule has 0 aliphatic heterocycles.